The highest BCUT2D eigenvalue weighted by Crippen LogP contribution is 2.28. The second kappa shape index (κ2) is 6.13. The van der Waals surface area contributed by atoms with Crippen molar-refractivity contribution in [3.8, 4) is 5.75 Å². The van der Waals surface area contributed by atoms with Crippen molar-refractivity contribution in [3.05, 3.63) is 29.8 Å². The molecule has 0 amide bonds. The van der Waals surface area contributed by atoms with Gasteiger partial charge in [0.2, 0.25) is 0 Å². The fourth-order valence-electron chi connectivity index (χ4n) is 1.77. The number of aromatic hydroxyl groups is 1. The molecule has 116 valence electrons. The average molecular weight is 295 g/mol. The van der Waals surface area contributed by atoms with Crippen LogP contribution in [0.5, 0.6) is 5.75 Å². The molecule has 0 aliphatic carbocycles. The zero-order chi connectivity index (χ0) is 16.3. The van der Waals surface area contributed by atoms with Crippen molar-refractivity contribution in [1.29, 1.82) is 0 Å². The van der Waals surface area contributed by atoms with Crippen LogP contribution < -0.4 is 5.90 Å². The maximum absolute atomic E-state index is 12.3. The Morgan fingerprint density at radius 1 is 1.10 bits per heavy atom. The second-order valence-corrected chi connectivity index (χ2v) is 6.08. The van der Waals surface area contributed by atoms with Gasteiger partial charge < -0.3 is 14.7 Å². The molecule has 0 saturated heterocycles. The number of carbonyl (C=O) groups excluding carboxylic acids is 2. The zero-order valence-corrected chi connectivity index (χ0v) is 12.7. The molecule has 1 rings (SSSR count). The number of nitrogens with two attached hydrogens (primary N) is 1. The van der Waals surface area contributed by atoms with Gasteiger partial charge in [0.15, 0.2) is 5.41 Å². The van der Waals surface area contributed by atoms with Gasteiger partial charge in [0.25, 0.3) is 0 Å². The van der Waals surface area contributed by atoms with E-state index in [9.17, 15) is 14.7 Å². The molecular weight excluding hydrogens is 274 g/mol. The van der Waals surface area contributed by atoms with Crippen LogP contribution in [-0.4, -0.2) is 22.6 Å². The Balaban J connectivity index is 3.06. The first-order valence-corrected chi connectivity index (χ1v) is 6.51. The highest BCUT2D eigenvalue weighted by molar-refractivity contribution is 6.00. The number of phenols is 1. The molecule has 0 heterocycles. The van der Waals surface area contributed by atoms with Crippen molar-refractivity contribution in [3.63, 3.8) is 0 Å². The van der Waals surface area contributed by atoms with Gasteiger partial charge in [-0.1, -0.05) is 12.1 Å². The number of esters is 1. The SMILES string of the molecule is CC(C)(C)OC(=O)C(C)(Cc1ccc(O)cc1)C(=O)ON. The molecule has 1 aromatic rings. The summed E-state index contributed by atoms with van der Waals surface area (Å²) >= 11 is 0. The van der Waals surface area contributed by atoms with Crippen LogP contribution in [0.1, 0.15) is 33.3 Å². The van der Waals surface area contributed by atoms with Crippen molar-refractivity contribution in [2.45, 2.75) is 39.7 Å². The van der Waals surface area contributed by atoms with Crippen LogP contribution in [0.25, 0.3) is 0 Å². The summed E-state index contributed by atoms with van der Waals surface area (Å²) in [5.74, 6) is 3.46. The summed E-state index contributed by atoms with van der Waals surface area (Å²) in [5.41, 5.74) is -1.62. The lowest BCUT2D eigenvalue weighted by molar-refractivity contribution is -0.178. The molecule has 3 N–H and O–H groups in total. The Morgan fingerprint density at radius 2 is 1.62 bits per heavy atom. The molecule has 0 radical (unpaired) electrons. The molecule has 21 heavy (non-hydrogen) atoms. The van der Waals surface area contributed by atoms with Gasteiger partial charge in [0.1, 0.15) is 11.4 Å². The largest absolute Gasteiger partial charge is 0.508 e. The van der Waals surface area contributed by atoms with Crippen LogP contribution >= 0.6 is 0 Å². The maximum Gasteiger partial charge on any atom is 0.341 e. The molecule has 1 atom stereocenters. The Morgan fingerprint density at radius 3 is 2.05 bits per heavy atom. The predicted octanol–water partition coefficient (Wildman–Crippen LogP) is 1.70. The van der Waals surface area contributed by atoms with E-state index < -0.39 is 23.0 Å². The van der Waals surface area contributed by atoms with Gasteiger partial charge in [-0.25, -0.2) is 4.79 Å². The normalized spacial score (nSPS) is 14.1. The van der Waals surface area contributed by atoms with Gasteiger partial charge in [-0.05, 0) is 51.8 Å². The summed E-state index contributed by atoms with van der Waals surface area (Å²) in [6.45, 7) is 6.54. The van der Waals surface area contributed by atoms with E-state index in [0.717, 1.165) is 0 Å². The van der Waals surface area contributed by atoms with E-state index in [-0.39, 0.29) is 12.2 Å². The van der Waals surface area contributed by atoms with E-state index in [2.05, 4.69) is 4.84 Å². The summed E-state index contributed by atoms with van der Waals surface area (Å²) in [5, 5.41) is 9.27. The van der Waals surface area contributed by atoms with Crippen LogP contribution in [0.3, 0.4) is 0 Å². The van der Waals surface area contributed by atoms with Crippen LogP contribution in [0, 0.1) is 5.41 Å². The highest BCUT2D eigenvalue weighted by atomic mass is 16.7. The topological polar surface area (TPSA) is 98.8 Å². The monoisotopic (exact) mass is 295 g/mol. The van der Waals surface area contributed by atoms with Crippen molar-refractivity contribution in [2.24, 2.45) is 11.3 Å². The minimum absolute atomic E-state index is 0.0538. The van der Waals surface area contributed by atoms with Crippen molar-refractivity contribution in [2.75, 3.05) is 0 Å². The molecule has 0 aliphatic rings. The summed E-state index contributed by atoms with van der Waals surface area (Å²) in [7, 11) is 0. The Kier molecular flexibility index (Phi) is 4.96. The smallest absolute Gasteiger partial charge is 0.341 e. The summed E-state index contributed by atoms with van der Waals surface area (Å²) in [6, 6.07) is 6.17. The third-order valence-corrected chi connectivity index (χ3v) is 2.90. The van der Waals surface area contributed by atoms with Gasteiger partial charge in [0, 0.05) is 0 Å². The fourth-order valence-corrected chi connectivity index (χ4v) is 1.77. The van der Waals surface area contributed by atoms with E-state index in [0.29, 0.717) is 5.56 Å². The quantitative estimate of drug-likeness (QED) is 0.498. The summed E-state index contributed by atoms with van der Waals surface area (Å²) in [6.07, 6.45) is 0.0538. The lowest BCUT2D eigenvalue weighted by atomic mass is 9.83. The molecule has 1 unspecified atom stereocenters. The Bertz CT molecular complexity index is 518. The molecule has 6 nitrogen and oxygen atoms in total. The van der Waals surface area contributed by atoms with Gasteiger partial charge >= 0.3 is 11.9 Å². The molecular formula is C15H21NO5. The van der Waals surface area contributed by atoms with Crippen LogP contribution in [-0.2, 0) is 25.6 Å². The molecule has 6 heteroatoms. The molecule has 0 aromatic heterocycles. The first kappa shape index (κ1) is 17.0. The minimum atomic E-state index is -1.56. The van der Waals surface area contributed by atoms with Gasteiger partial charge in [-0.2, -0.15) is 5.90 Å². The number of benzene rings is 1. The van der Waals surface area contributed by atoms with E-state index in [1.54, 1.807) is 32.9 Å². The van der Waals surface area contributed by atoms with E-state index in [4.69, 9.17) is 10.6 Å². The maximum atomic E-state index is 12.3. The number of ether oxygens (including phenoxy) is 1. The zero-order valence-electron chi connectivity index (χ0n) is 12.7. The first-order chi connectivity index (χ1) is 9.58. The number of hydrogen-bond donors (Lipinski definition) is 2. The molecule has 1 aromatic carbocycles. The number of carbonyl (C=O) groups is 2. The second-order valence-electron chi connectivity index (χ2n) is 6.08. The number of phenolic OH excluding ortho intramolecular Hbond substituents is 1. The summed E-state index contributed by atoms with van der Waals surface area (Å²) in [4.78, 5) is 28.5. The minimum Gasteiger partial charge on any atom is -0.508 e. The standard InChI is InChI=1S/C15H21NO5/c1-14(2,3)20-12(18)15(4,13(19)21-16)9-10-5-7-11(17)8-6-10/h5-8,17H,9,16H2,1-4H3. The predicted molar refractivity (Wildman–Crippen MR) is 76.0 cm³/mol. The van der Waals surface area contributed by atoms with Crippen LogP contribution in [0.4, 0.5) is 0 Å². The lowest BCUT2D eigenvalue weighted by Crippen LogP contribution is -2.44. The summed E-state index contributed by atoms with van der Waals surface area (Å²) < 4.78 is 5.28. The van der Waals surface area contributed by atoms with Gasteiger partial charge in [-0.3, -0.25) is 4.79 Å². The van der Waals surface area contributed by atoms with Gasteiger partial charge in [-0.15, -0.1) is 0 Å². The third-order valence-electron chi connectivity index (χ3n) is 2.90. The van der Waals surface area contributed by atoms with Crippen LogP contribution in [0.15, 0.2) is 24.3 Å². The van der Waals surface area contributed by atoms with E-state index in [1.807, 2.05) is 0 Å². The first-order valence-electron chi connectivity index (χ1n) is 6.51. The average Bonchev–Trinajstić information content (AvgIpc) is 2.38. The Labute approximate surface area is 123 Å². The number of hydrogen-bond acceptors (Lipinski definition) is 6. The molecule has 0 bridgehead atoms. The lowest BCUT2D eigenvalue weighted by Gasteiger charge is -2.29. The van der Waals surface area contributed by atoms with Gasteiger partial charge in [0.05, 0.1) is 0 Å². The number of rotatable bonds is 4. The van der Waals surface area contributed by atoms with Crippen molar-refractivity contribution in [1.82, 2.24) is 0 Å². The molecule has 0 fully saturated rings. The molecule has 0 spiro atoms. The Hall–Kier alpha value is -2.08. The van der Waals surface area contributed by atoms with E-state index in [1.165, 1.54) is 19.1 Å². The molecule has 0 saturated carbocycles. The fraction of sp³-hybridized carbons (Fsp3) is 0.467. The van der Waals surface area contributed by atoms with Crippen molar-refractivity contribution < 1.29 is 24.3 Å². The van der Waals surface area contributed by atoms with Crippen molar-refractivity contribution >= 4 is 11.9 Å². The van der Waals surface area contributed by atoms with Crippen LogP contribution in [0.2, 0.25) is 0 Å². The highest BCUT2D eigenvalue weighted by Gasteiger charge is 2.46. The molecule has 0 aliphatic heterocycles. The van der Waals surface area contributed by atoms with E-state index >= 15 is 0 Å². The third kappa shape index (κ3) is 4.46.